The Labute approximate surface area is 223 Å². The number of hydrogen-bond donors (Lipinski definition) is 2. The van der Waals surface area contributed by atoms with E-state index < -0.39 is 29.2 Å². The first-order chi connectivity index (χ1) is 18.5. The van der Waals surface area contributed by atoms with E-state index >= 15 is 0 Å². The van der Waals surface area contributed by atoms with Crippen molar-refractivity contribution in [2.24, 2.45) is 5.16 Å². The van der Waals surface area contributed by atoms with Crippen molar-refractivity contribution in [3.63, 3.8) is 0 Å². The van der Waals surface area contributed by atoms with E-state index in [1.807, 2.05) is 42.5 Å². The van der Waals surface area contributed by atoms with Gasteiger partial charge < -0.3 is 24.1 Å². The number of fused-ring (bicyclic) bond motifs is 4. The molecule has 0 unspecified atom stereocenters. The van der Waals surface area contributed by atoms with E-state index in [1.165, 1.54) is 41.8 Å². The lowest BCUT2D eigenvalue weighted by molar-refractivity contribution is -0.150. The fraction of sp³-hybridized carbons (Fsp3) is 0.154. The van der Waals surface area contributed by atoms with E-state index in [0.29, 0.717) is 10.7 Å². The number of thioether (sulfide) groups is 2. The third-order valence-electron chi connectivity index (χ3n) is 6.16. The predicted molar refractivity (Wildman–Crippen MR) is 142 cm³/mol. The minimum absolute atomic E-state index is 0.0804. The van der Waals surface area contributed by atoms with Crippen LogP contribution in [0.1, 0.15) is 5.76 Å². The summed E-state index contributed by atoms with van der Waals surface area (Å²) in [5.74, 6) is -1.85. The van der Waals surface area contributed by atoms with Crippen LogP contribution in [0.5, 0.6) is 0 Å². The Bertz CT molecular complexity index is 1660. The van der Waals surface area contributed by atoms with Crippen molar-refractivity contribution < 1.29 is 33.2 Å². The number of carboxylic acids is 1. The van der Waals surface area contributed by atoms with Crippen molar-refractivity contribution in [3.05, 3.63) is 77.2 Å². The van der Waals surface area contributed by atoms with Crippen LogP contribution in [0.4, 0.5) is 0 Å². The third kappa shape index (κ3) is 4.02. The molecule has 4 heterocycles. The molecule has 12 heteroatoms. The molecule has 2 N–H and O–H groups in total. The van der Waals surface area contributed by atoms with Gasteiger partial charge in [-0.1, -0.05) is 35.1 Å². The lowest BCUT2D eigenvalue weighted by atomic mass is 10.0. The van der Waals surface area contributed by atoms with Gasteiger partial charge in [0.1, 0.15) is 35.4 Å². The number of para-hydroxylation sites is 1. The molecule has 38 heavy (non-hydrogen) atoms. The molecule has 2 atom stereocenters. The first-order valence-corrected chi connectivity index (χ1v) is 13.3. The van der Waals surface area contributed by atoms with Gasteiger partial charge in [-0.2, -0.15) is 0 Å². The summed E-state index contributed by atoms with van der Waals surface area (Å²) in [5, 5.41) is 17.7. The number of β-lactam (4-membered cyclic amide) rings is 1. The molecule has 6 rings (SSSR count). The van der Waals surface area contributed by atoms with Gasteiger partial charge in [0.2, 0.25) is 5.71 Å². The van der Waals surface area contributed by atoms with Gasteiger partial charge in [0.05, 0.1) is 6.26 Å². The normalized spacial score (nSPS) is 19.4. The highest BCUT2D eigenvalue weighted by Crippen LogP contribution is 2.45. The molecule has 1 fully saturated rings. The summed E-state index contributed by atoms with van der Waals surface area (Å²) in [6.07, 6.45) is 1.39. The second kappa shape index (κ2) is 9.62. The van der Waals surface area contributed by atoms with Crippen molar-refractivity contribution in [2.45, 2.75) is 16.3 Å². The maximum atomic E-state index is 13.1. The number of benzene rings is 2. The van der Waals surface area contributed by atoms with E-state index in [1.54, 1.807) is 12.1 Å². The van der Waals surface area contributed by atoms with Gasteiger partial charge in [0.15, 0.2) is 5.76 Å². The van der Waals surface area contributed by atoms with Gasteiger partial charge in [-0.05, 0) is 36.4 Å². The number of carbonyl (C=O) groups excluding carboxylic acids is 2. The number of furan rings is 2. The predicted octanol–water partition coefficient (Wildman–Crippen LogP) is 4.02. The highest BCUT2D eigenvalue weighted by Gasteiger charge is 2.54. The molecule has 10 nitrogen and oxygen atoms in total. The van der Waals surface area contributed by atoms with Crippen LogP contribution in [0.25, 0.3) is 21.9 Å². The summed E-state index contributed by atoms with van der Waals surface area (Å²) in [7, 11) is 1.29. The van der Waals surface area contributed by atoms with E-state index in [9.17, 15) is 19.5 Å². The summed E-state index contributed by atoms with van der Waals surface area (Å²) in [6, 6.07) is 15.6. The quantitative estimate of drug-likeness (QED) is 0.199. The molecule has 2 amide bonds. The first-order valence-electron chi connectivity index (χ1n) is 11.4. The van der Waals surface area contributed by atoms with Crippen molar-refractivity contribution in [2.75, 3.05) is 12.9 Å². The molecular formula is C26H19N3O7S2. The second-order valence-corrected chi connectivity index (χ2v) is 10.7. The Morgan fingerprint density at radius 2 is 1.97 bits per heavy atom. The zero-order valence-corrected chi connectivity index (χ0v) is 21.4. The van der Waals surface area contributed by atoms with Crippen molar-refractivity contribution in [1.82, 2.24) is 10.2 Å². The summed E-state index contributed by atoms with van der Waals surface area (Å²) in [6.45, 7) is 0. The maximum Gasteiger partial charge on any atom is 0.353 e. The first kappa shape index (κ1) is 24.2. The zero-order chi connectivity index (χ0) is 26.4. The molecule has 2 aliphatic heterocycles. The lowest BCUT2D eigenvalue weighted by Gasteiger charge is -2.49. The van der Waals surface area contributed by atoms with Gasteiger partial charge in [-0.15, -0.1) is 11.8 Å². The summed E-state index contributed by atoms with van der Waals surface area (Å²) < 4.78 is 11.1. The smallest absolute Gasteiger partial charge is 0.353 e. The number of carbonyl (C=O) groups is 3. The van der Waals surface area contributed by atoms with Gasteiger partial charge >= 0.3 is 5.97 Å². The van der Waals surface area contributed by atoms with Crippen LogP contribution in [-0.2, 0) is 19.2 Å². The number of rotatable bonds is 7. The number of hydrogen-bond acceptors (Lipinski definition) is 9. The fourth-order valence-corrected chi connectivity index (χ4v) is 7.01. The molecule has 2 aromatic carbocycles. The van der Waals surface area contributed by atoms with Gasteiger partial charge in [-0.3, -0.25) is 14.5 Å². The minimum atomic E-state index is -1.21. The topological polar surface area (TPSA) is 135 Å². The number of carboxylic acid groups (broad SMARTS) is 1. The van der Waals surface area contributed by atoms with Crippen LogP contribution < -0.4 is 5.32 Å². The number of nitrogens with zero attached hydrogens (tertiary/aromatic N) is 2. The van der Waals surface area contributed by atoms with Gasteiger partial charge in [0.25, 0.3) is 11.8 Å². The minimum Gasteiger partial charge on any atom is -0.477 e. The number of nitrogens with one attached hydrogen (secondary N) is 1. The average molecular weight is 550 g/mol. The van der Waals surface area contributed by atoms with Crippen LogP contribution in [0.3, 0.4) is 0 Å². The van der Waals surface area contributed by atoms with E-state index in [-0.39, 0.29) is 17.2 Å². The molecular weight excluding hydrogens is 530 g/mol. The molecule has 0 aliphatic carbocycles. The molecule has 0 spiro atoms. The molecule has 2 aromatic heterocycles. The number of amides is 2. The number of oxime groups is 1. The monoisotopic (exact) mass is 549 g/mol. The highest BCUT2D eigenvalue weighted by atomic mass is 32.2. The largest absolute Gasteiger partial charge is 0.477 e. The van der Waals surface area contributed by atoms with E-state index in [4.69, 9.17) is 13.7 Å². The summed E-state index contributed by atoms with van der Waals surface area (Å²) in [5.41, 5.74) is 1.31. The fourth-order valence-electron chi connectivity index (χ4n) is 4.49. The molecule has 0 saturated carbocycles. The molecule has 1 saturated heterocycles. The zero-order valence-electron chi connectivity index (χ0n) is 19.7. The molecule has 4 aromatic rings. The SMILES string of the molecule is CO/N=C(\C(=O)N[C@@H]1C(=O)N2C(C(=O)O)=C(Sc3ccc4oc5ccccc5c4c3)CS[C@H]12)c1ccco1. The average Bonchev–Trinajstić information content (AvgIpc) is 3.58. The van der Waals surface area contributed by atoms with E-state index in [2.05, 4.69) is 10.5 Å². The Kier molecular flexibility index (Phi) is 6.12. The lowest BCUT2D eigenvalue weighted by Crippen LogP contribution is -2.71. The summed E-state index contributed by atoms with van der Waals surface area (Å²) >= 11 is 2.68. The van der Waals surface area contributed by atoms with Gasteiger partial charge in [-0.25, -0.2) is 4.79 Å². The van der Waals surface area contributed by atoms with Crippen LogP contribution >= 0.6 is 23.5 Å². The molecule has 0 radical (unpaired) electrons. The Morgan fingerprint density at radius 3 is 2.74 bits per heavy atom. The molecule has 0 bridgehead atoms. The van der Waals surface area contributed by atoms with Crippen LogP contribution in [0.2, 0.25) is 0 Å². The van der Waals surface area contributed by atoms with Crippen molar-refractivity contribution in [3.8, 4) is 0 Å². The molecule has 2 aliphatic rings. The standard InChI is InChI=1S/C26H19N3O7S2/c1-34-28-20(18-7-4-10-35-18)23(30)27-21-24(31)29-22(26(32)33)19(12-37-25(21)29)38-13-8-9-17-15(11-13)14-5-2-3-6-16(14)36-17/h2-11,21,25H,12H2,1H3,(H,27,30)(H,32,33)/b28-20-/t21-,25-/m1/s1. The van der Waals surface area contributed by atoms with Crippen molar-refractivity contribution >= 4 is 69.0 Å². The Hall–Kier alpha value is -4.16. The highest BCUT2D eigenvalue weighted by molar-refractivity contribution is 8.06. The van der Waals surface area contributed by atoms with Crippen LogP contribution in [0, 0.1) is 0 Å². The van der Waals surface area contributed by atoms with Crippen molar-refractivity contribution in [1.29, 1.82) is 0 Å². The Morgan fingerprint density at radius 1 is 1.16 bits per heavy atom. The second-order valence-electron chi connectivity index (χ2n) is 8.40. The third-order valence-corrected chi connectivity index (χ3v) is 8.70. The van der Waals surface area contributed by atoms with Gasteiger partial charge in [0, 0.05) is 26.3 Å². The summed E-state index contributed by atoms with van der Waals surface area (Å²) in [4.78, 5) is 45.6. The maximum absolute atomic E-state index is 13.1. The molecule has 192 valence electrons. The number of aliphatic carboxylic acids is 1. The van der Waals surface area contributed by atoms with Crippen LogP contribution in [0.15, 0.2) is 90.3 Å². The van der Waals surface area contributed by atoms with Crippen LogP contribution in [-0.4, -0.2) is 57.8 Å². The Balaban J connectivity index is 1.25. The van der Waals surface area contributed by atoms with E-state index in [0.717, 1.165) is 26.8 Å².